The van der Waals surface area contributed by atoms with Gasteiger partial charge < -0.3 is 19.3 Å². The zero-order valence-electron chi connectivity index (χ0n) is 22.2. The second kappa shape index (κ2) is 13.5. The molecule has 3 aromatic rings. The molecule has 0 bridgehead atoms. The third kappa shape index (κ3) is 7.05. The number of carbonyl (C=O) groups is 1. The average Bonchev–Trinajstić information content (AvgIpc) is 3.35. The number of nitrogens with one attached hydrogen (secondary N) is 1. The first-order valence-electron chi connectivity index (χ1n) is 13.3. The van der Waals surface area contributed by atoms with Gasteiger partial charge in [0, 0.05) is 58.2 Å². The van der Waals surface area contributed by atoms with E-state index in [4.69, 9.17) is 47.5 Å². The summed E-state index contributed by atoms with van der Waals surface area (Å²) in [5.41, 5.74) is 3.88. The number of halogens is 3. The molecular weight excluding hydrogens is 633 g/mol. The van der Waals surface area contributed by atoms with Gasteiger partial charge in [0.05, 0.1) is 19.8 Å². The maximum absolute atomic E-state index is 14.3. The molecule has 5 rings (SSSR count). The normalized spacial score (nSPS) is 20.8. The molecule has 2 atom stereocenters. The smallest absolute Gasteiger partial charge is 0.266 e. The van der Waals surface area contributed by atoms with Crippen molar-refractivity contribution in [2.75, 3.05) is 39.5 Å². The first-order chi connectivity index (χ1) is 19.9. The summed E-state index contributed by atoms with van der Waals surface area (Å²) in [5.74, 6) is 0.665. The van der Waals surface area contributed by atoms with E-state index in [9.17, 15) is 4.79 Å². The van der Waals surface area contributed by atoms with E-state index >= 15 is 0 Å². The van der Waals surface area contributed by atoms with Gasteiger partial charge in [0.2, 0.25) is 5.90 Å². The van der Waals surface area contributed by atoms with Crippen LogP contribution < -0.4 is 10.2 Å². The predicted molar refractivity (Wildman–Crippen MR) is 162 cm³/mol. The first-order valence-corrected chi connectivity index (χ1v) is 14.9. The van der Waals surface area contributed by atoms with E-state index in [-0.39, 0.29) is 18.9 Å². The Hall–Kier alpha value is -2.66. The standard InChI is InChI=1S/C30H30BrCl2N3O5/c31-22-6-2-20(3-7-22)19-30(29(38)35-36-12-16-39-17-13-36)27(25-11-8-23(32)18-26(25)33)41-28(34-30)21-4-9-24(10-5-21)40-15-1-14-37/h2-11,18,27,37H,1,12-17,19H2,(H,35,38)/t27-,30-/m0/s1. The van der Waals surface area contributed by atoms with E-state index in [2.05, 4.69) is 21.4 Å². The molecule has 8 nitrogen and oxygen atoms in total. The predicted octanol–water partition coefficient (Wildman–Crippen LogP) is 5.38. The summed E-state index contributed by atoms with van der Waals surface area (Å²) in [6, 6.07) is 20.2. The maximum atomic E-state index is 14.3. The molecule has 2 aliphatic rings. The number of ether oxygens (including phenoxy) is 3. The maximum Gasteiger partial charge on any atom is 0.266 e. The van der Waals surface area contributed by atoms with Gasteiger partial charge >= 0.3 is 0 Å². The van der Waals surface area contributed by atoms with Crippen LogP contribution in [0.15, 0.2) is 76.2 Å². The molecule has 1 saturated heterocycles. The zero-order valence-corrected chi connectivity index (χ0v) is 25.3. The number of hydrogen-bond donors (Lipinski definition) is 2. The summed E-state index contributed by atoms with van der Waals surface area (Å²) in [7, 11) is 0. The molecule has 0 radical (unpaired) electrons. The molecule has 2 aliphatic heterocycles. The lowest BCUT2D eigenvalue weighted by Crippen LogP contribution is -2.57. The zero-order chi connectivity index (χ0) is 28.8. The second-order valence-electron chi connectivity index (χ2n) is 9.80. The summed E-state index contributed by atoms with van der Waals surface area (Å²) in [6.45, 7) is 2.62. The molecule has 41 heavy (non-hydrogen) atoms. The minimum Gasteiger partial charge on any atom is -0.494 e. The fourth-order valence-electron chi connectivity index (χ4n) is 4.80. The lowest BCUT2D eigenvalue weighted by molar-refractivity contribution is -0.136. The lowest BCUT2D eigenvalue weighted by Gasteiger charge is -2.35. The summed E-state index contributed by atoms with van der Waals surface area (Å²) >= 11 is 16.4. The van der Waals surface area contributed by atoms with Crippen LogP contribution >= 0.6 is 39.1 Å². The molecule has 0 unspecified atom stereocenters. The highest BCUT2D eigenvalue weighted by Gasteiger charge is 2.54. The van der Waals surface area contributed by atoms with Crippen LogP contribution in [0.4, 0.5) is 0 Å². The number of aliphatic hydroxyl groups is 1. The Bertz CT molecular complexity index is 1380. The van der Waals surface area contributed by atoms with Gasteiger partial charge in [-0.2, -0.15) is 0 Å². The summed E-state index contributed by atoms with van der Waals surface area (Å²) in [5, 5.41) is 11.7. The molecule has 0 saturated carbocycles. The van der Waals surface area contributed by atoms with Gasteiger partial charge in [0.15, 0.2) is 11.6 Å². The largest absolute Gasteiger partial charge is 0.494 e. The number of hydrogen-bond acceptors (Lipinski definition) is 7. The Morgan fingerprint density at radius 2 is 1.83 bits per heavy atom. The molecular formula is C30H30BrCl2N3O5. The second-order valence-corrected chi connectivity index (χ2v) is 11.6. The minimum absolute atomic E-state index is 0.0599. The Kier molecular flexibility index (Phi) is 9.85. The first kappa shape index (κ1) is 29.8. The van der Waals surface area contributed by atoms with Crippen molar-refractivity contribution >= 4 is 50.9 Å². The number of benzene rings is 3. The van der Waals surface area contributed by atoms with Crippen LogP contribution in [-0.2, 0) is 20.7 Å². The number of amides is 1. The van der Waals surface area contributed by atoms with Crippen molar-refractivity contribution in [2.24, 2.45) is 4.99 Å². The van der Waals surface area contributed by atoms with Gasteiger partial charge in [0.1, 0.15) is 5.75 Å². The van der Waals surface area contributed by atoms with Crippen LogP contribution in [0.2, 0.25) is 10.0 Å². The summed E-state index contributed by atoms with van der Waals surface area (Å²) in [4.78, 5) is 19.4. The fourth-order valence-corrected chi connectivity index (χ4v) is 5.57. The van der Waals surface area contributed by atoms with Crippen LogP contribution in [0.1, 0.15) is 29.2 Å². The highest BCUT2D eigenvalue weighted by Crippen LogP contribution is 2.45. The Morgan fingerprint density at radius 3 is 2.51 bits per heavy atom. The van der Waals surface area contributed by atoms with Gasteiger partial charge in [-0.15, -0.1) is 0 Å². The minimum atomic E-state index is -1.39. The van der Waals surface area contributed by atoms with E-state index in [1.807, 2.05) is 53.5 Å². The van der Waals surface area contributed by atoms with E-state index < -0.39 is 11.6 Å². The number of carbonyl (C=O) groups excluding carboxylic acids is 1. The van der Waals surface area contributed by atoms with Crippen LogP contribution in [0, 0.1) is 0 Å². The van der Waals surface area contributed by atoms with Crippen LogP contribution in [-0.4, -0.2) is 67.0 Å². The van der Waals surface area contributed by atoms with E-state index in [1.54, 1.807) is 18.2 Å². The number of nitrogens with zero attached hydrogens (tertiary/aromatic N) is 2. The molecule has 11 heteroatoms. The number of hydrazine groups is 1. The van der Waals surface area contributed by atoms with Crippen molar-refractivity contribution in [3.8, 4) is 5.75 Å². The van der Waals surface area contributed by atoms with Crippen molar-refractivity contribution in [2.45, 2.75) is 24.5 Å². The topological polar surface area (TPSA) is 92.6 Å². The fraction of sp³-hybridized carbons (Fsp3) is 0.333. The molecule has 216 valence electrons. The Labute approximate surface area is 257 Å². The van der Waals surface area contributed by atoms with Gasteiger partial charge in [-0.1, -0.05) is 57.3 Å². The van der Waals surface area contributed by atoms with Crippen LogP contribution in [0.5, 0.6) is 5.75 Å². The van der Waals surface area contributed by atoms with E-state index in [0.717, 1.165) is 10.0 Å². The van der Waals surface area contributed by atoms with Gasteiger partial charge in [-0.05, 0) is 54.1 Å². The van der Waals surface area contributed by atoms with Crippen molar-refractivity contribution < 1.29 is 24.1 Å². The molecule has 3 aromatic carbocycles. The van der Waals surface area contributed by atoms with Gasteiger partial charge in [0.25, 0.3) is 5.91 Å². The molecule has 0 aromatic heterocycles. The highest BCUT2D eigenvalue weighted by molar-refractivity contribution is 9.10. The van der Waals surface area contributed by atoms with Crippen molar-refractivity contribution in [1.29, 1.82) is 0 Å². The number of aliphatic hydroxyl groups excluding tert-OH is 1. The molecule has 1 fully saturated rings. The molecule has 2 N–H and O–H groups in total. The molecule has 0 aliphatic carbocycles. The number of rotatable bonds is 10. The van der Waals surface area contributed by atoms with Crippen molar-refractivity contribution in [3.05, 3.63) is 97.9 Å². The molecule has 0 spiro atoms. The molecule has 2 heterocycles. The van der Waals surface area contributed by atoms with Crippen LogP contribution in [0.25, 0.3) is 0 Å². The third-order valence-electron chi connectivity index (χ3n) is 6.93. The van der Waals surface area contributed by atoms with E-state index in [1.165, 1.54) is 0 Å². The number of morpholine rings is 1. The number of aliphatic imine (C=N–C) groups is 1. The third-order valence-corrected chi connectivity index (χ3v) is 8.02. The monoisotopic (exact) mass is 661 g/mol. The molecule has 1 amide bonds. The van der Waals surface area contributed by atoms with Gasteiger partial charge in [-0.25, -0.2) is 10.0 Å². The average molecular weight is 663 g/mol. The quantitative estimate of drug-likeness (QED) is 0.283. The Morgan fingerprint density at radius 1 is 1.10 bits per heavy atom. The summed E-state index contributed by atoms with van der Waals surface area (Å²) < 4.78 is 18.6. The van der Waals surface area contributed by atoms with Crippen molar-refractivity contribution in [1.82, 2.24) is 10.4 Å². The van der Waals surface area contributed by atoms with E-state index in [0.29, 0.717) is 72.2 Å². The SMILES string of the molecule is O=C(NN1CCOCC1)[C@@]1(Cc2ccc(Br)cc2)N=C(c2ccc(OCCCO)cc2)O[C@H]1c1ccc(Cl)cc1Cl. The highest BCUT2D eigenvalue weighted by atomic mass is 79.9. The van der Waals surface area contributed by atoms with Crippen molar-refractivity contribution in [3.63, 3.8) is 0 Å². The van der Waals surface area contributed by atoms with Crippen LogP contribution in [0.3, 0.4) is 0 Å². The van der Waals surface area contributed by atoms with Gasteiger partial charge in [-0.3, -0.25) is 10.2 Å². The summed E-state index contributed by atoms with van der Waals surface area (Å²) in [6.07, 6.45) is -0.0448. The lowest BCUT2D eigenvalue weighted by atomic mass is 9.82. The Balaban J connectivity index is 1.57.